The van der Waals surface area contributed by atoms with Crippen LogP contribution >= 0.6 is 59.4 Å². The minimum atomic E-state index is -3.00. The van der Waals surface area contributed by atoms with Crippen molar-refractivity contribution in [1.82, 2.24) is 29.5 Å². The van der Waals surface area contributed by atoms with E-state index in [-0.39, 0.29) is 25.0 Å². The van der Waals surface area contributed by atoms with Gasteiger partial charge in [-0.1, -0.05) is 11.6 Å². The molecule has 2 heterocycles. The van der Waals surface area contributed by atoms with Crippen molar-refractivity contribution in [2.75, 3.05) is 0 Å². The van der Waals surface area contributed by atoms with Gasteiger partial charge in [0.2, 0.25) is 9.47 Å². The summed E-state index contributed by atoms with van der Waals surface area (Å²) in [6.07, 6.45) is 0. The van der Waals surface area contributed by atoms with Crippen LogP contribution in [0, 0.1) is 5.82 Å². The lowest BCUT2D eigenvalue weighted by molar-refractivity contribution is 0.401. The van der Waals surface area contributed by atoms with Crippen molar-refractivity contribution in [1.29, 1.82) is 0 Å². The van der Waals surface area contributed by atoms with Crippen LogP contribution in [-0.2, 0) is 13.0 Å². The SMILES string of the molecule is [2H]C([2H])([2H])C([2H])([2H])n1nc(Br)nc1Br.[2H]C([2H])([2H])C([2H])([2H])n1nc(Br)nc1Oc1ccc(F)c(Cl)c1. The molecule has 0 bridgehead atoms. The molecular weight excluding hydrogens is 562 g/mol. The summed E-state index contributed by atoms with van der Waals surface area (Å²) < 4.78 is 92.5. The van der Waals surface area contributed by atoms with E-state index in [4.69, 9.17) is 30.0 Å². The van der Waals surface area contributed by atoms with E-state index in [1.54, 1.807) is 0 Å². The molecule has 1 aromatic carbocycles. The van der Waals surface area contributed by atoms with Gasteiger partial charge >= 0.3 is 6.01 Å². The van der Waals surface area contributed by atoms with Crippen molar-refractivity contribution in [2.24, 2.45) is 0 Å². The molecular formula is C14H13Br3ClFN6O. The fourth-order valence-corrected chi connectivity index (χ4v) is 2.78. The van der Waals surface area contributed by atoms with Gasteiger partial charge in [-0.05, 0) is 73.6 Å². The minimum absolute atomic E-state index is 0.0190. The normalized spacial score (nSPS) is 18.2. The number of hydrogen-bond acceptors (Lipinski definition) is 5. The van der Waals surface area contributed by atoms with Gasteiger partial charge in [0.1, 0.15) is 11.6 Å². The van der Waals surface area contributed by atoms with Crippen LogP contribution in [0.25, 0.3) is 0 Å². The van der Waals surface area contributed by atoms with Crippen LogP contribution in [0.5, 0.6) is 11.8 Å². The number of benzene rings is 1. The Bertz CT molecular complexity index is 1240. The standard InChI is InChI=1S/C10H8BrClFN3O.C4H5Br2N3/c1-2-16-10(14-9(11)15-16)17-6-3-4-8(13)7(12)5-6;1-2-9-4(6)7-3(5)8-9/h3-5H,2H2,1H3;2H2,1H3/i2*1D3,2D2. The summed E-state index contributed by atoms with van der Waals surface area (Å²) in [5.41, 5.74) is 0. The zero-order chi connectivity index (χ0) is 27.9. The molecule has 0 spiro atoms. The van der Waals surface area contributed by atoms with Crippen LogP contribution in [-0.4, -0.2) is 29.5 Å². The molecule has 0 unspecified atom stereocenters. The van der Waals surface area contributed by atoms with E-state index in [9.17, 15) is 4.39 Å². The maximum atomic E-state index is 13.1. The van der Waals surface area contributed by atoms with Gasteiger partial charge in [-0.2, -0.15) is 9.97 Å². The third kappa shape index (κ3) is 5.73. The molecule has 2 aromatic heterocycles. The molecule has 12 heteroatoms. The predicted molar refractivity (Wildman–Crippen MR) is 106 cm³/mol. The predicted octanol–water partition coefficient (Wildman–Crippen LogP) is 5.47. The van der Waals surface area contributed by atoms with E-state index in [0.717, 1.165) is 12.1 Å². The average Bonchev–Trinajstić information content (AvgIpc) is 3.25. The molecule has 7 nitrogen and oxygen atoms in total. The van der Waals surface area contributed by atoms with Crippen LogP contribution in [0.1, 0.15) is 27.4 Å². The molecule has 0 fully saturated rings. The van der Waals surface area contributed by atoms with E-state index in [0.29, 0.717) is 9.36 Å². The van der Waals surface area contributed by atoms with Crippen molar-refractivity contribution in [3.63, 3.8) is 0 Å². The molecule has 0 atom stereocenters. The zero-order valence-corrected chi connectivity index (χ0v) is 17.7. The van der Waals surface area contributed by atoms with E-state index < -0.39 is 38.5 Å². The van der Waals surface area contributed by atoms with Gasteiger partial charge in [-0.3, -0.25) is 0 Å². The number of halogens is 5. The molecule has 0 radical (unpaired) electrons. The fraction of sp³-hybridized carbons (Fsp3) is 0.286. The van der Waals surface area contributed by atoms with Gasteiger partial charge in [0, 0.05) is 27.3 Å². The number of nitrogens with zero attached hydrogens (tertiary/aromatic N) is 6. The summed E-state index contributed by atoms with van der Waals surface area (Å²) in [5, 5.41) is 7.02. The highest BCUT2D eigenvalue weighted by Gasteiger charge is 2.10. The third-order valence-corrected chi connectivity index (χ3v) is 3.88. The van der Waals surface area contributed by atoms with Gasteiger partial charge in [0.25, 0.3) is 0 Å². The Morgan fingerprint density at radius 3 is 2.42 bits per heavy atom. The lowest BCUT2D eigenvalue weighted by atomic mass is 10.3. The number of ether oxygens (including phenoxy) is 1. The second-order valence-corrected chi connectivity index (χ2v) is 6.57. The summed E-state index contributed by atoms with van der Waals surface area (Å²) in [6.45, 7) is -11.3. The van der Waals surface area contributed by atoms with Crippen LogP contribution in [0.15, 0.2) is 32.4 Å². The van der Waals surface area contributed by atoms with Gasteiger partial charge < -0.3 is 4.74 Å². The molecule has 0 aliphatic rings. The minimum Gasteiger partial charge on any atom is -0.424 e. The largest absolute Gasteiger partial charge is 0.424 e. The van der Waals surface area contributed by atoms with Gasteiger partial charge in [-0.25, -0.2) is 13.8 Å². The first-order valence-corrected chi connectivity index (χ1v) is 8.98. The van der Waals surface area contributed by atoms with Gasteiger partial charge in [-0.15, -0.1) is 10.2 Å². The smallest absolute Gasteiger partial charge is 0.321 e. The van der Waals surface area contributed by atoms with Crippen molar-refractivity contribution in [2.45, 2.75) is 26.7 Å². The van der Waals surface area contributed by atoms with Crippen molar-refractivity contribution >= 4 is 59.4 Å². The van der Waals surface area contributed by atoms with Crippen LogP contribution in [0.4, 0.5) is 4.39 Å². The third-order valence-electron chi connectivity index (χ3n) is 2.41. The van der Waals surface area contributed by atoms with E-state index in [2.05, 4.69) is 68.0 Å². The summed E-state index contributed by atoms with van der Waals surface area (Å²) >= 11 is 14.4. The lowest BCUT2D eigenvalue weighted by Gasteiger charge is -2.05. The average molecular weight is 586 g/mol. The van der Waals surface area contributed by atoms with Crippen LogP contribution in [0.2, 0.25) is 5.02 Å². The molecule has 0 N–H and O–H groups in total. The Hall–Kier alpha value is -1.04. The van der Waals surface area contributed by atoms with E-state index in [1.165, 1.54) is 6.07 Å². The Morgan fingerprint density at radius 1 is 1.15 bits per heavy atom. The summed E-state index contributed by atoms with van der Waals surface area (Å²) in [4.78, 5) is 7.44. The topological polar surface area (TPSA) is 70.7 Å². The second-order valence-electron chi connectivity index (χ2n) is 4.04. The molecule has 0 aliphatic heterocycles. The Labute approximate surface area is 193 Å². The fourth-order valence-electron chi connectivity index (χ4n) is 1.40. The van der Waals surface area contributed by atoms with Gasteiger partial charge in [0.15, 0.2) is 4.73 Å². The Balaban J connectivity index is 0.000000281. The van der Waals surface area contributed by atoms with Crippen LogP contribution < -0.4 is 4.74 Å². The second kappa shape index (κ2) is 9.77. The molecule has 0 saturated carbocycles. The number of rotatable bonds is 4. The molecule has 3 rings (SSSR count). The van der Waals surface area contributed by atoms with E-state index >= 15 is 0 Å². The quantitative estimate of drug-likeness (QED) is 0.407. The monoisotopic (exact) mass is 582 g/mol. The Morgan fingerprint density at radius 2 is 1.81 bits per heavy atom. The van der Waals surface area contributed by atoms with Crippen molar-refractivity contribution in [3.05, 3.63) is 43.2 Å². The first-order chi connectivity index (χ1) is 16.2. The first kappa shape index (κ1) is 11.1. The molecule has 3 aromatic rings. The van der Waals surface area contributed by atoms with E-state index in [1.807, 2.05) is 0 Å². The zero-order valence-electron chi connectivity index (χ0n) is 22.2. The highest BCUT2D eigenvalue weighted by Crippen LogP contribution is 2.25. The maximum absolute atomic E-state index is 13.1. The maximum Gasteiger partial charge on any atom is 0.321 e. The number of hydrogen-bond donors (Lipinski definition) is 0. The number of aryl methyl sites for hydroxylation is 2. The van der Waals surface area contributed by atoms with Crippen molar-refractivity contribution < 1.29 is 22.8 Å². The molecule has 0 saturated heterocycles. The molecule has 140 valence electrons. The lowest BCUT2D eigenvalue weighted by Crippen LogP contribution is -2.00. The molecule has 0 amide bonds. The van der Waals surface area contributed by atoms with Crippen molar-refractivity contribution in [3.8, 4) is 11.8 Å². The molecule has 26 heavy (non-hydrogen) atoms. The first-order valence-electron chi connectivity index (χ1n) is 11.2. The summed E-state index contributed by atoms with van der Waals surface area (Å²) in [7, 11) is 0. The highest BCUT2D eigenvalue weighted by molar-refractivity contribution is 9.11. The summed E-state index contributed by atoms with van der Waals surface area (Å²) in [6, 6.07) is 3.01. The van der Waals surface area contributed by atoms with Crippen LogP contribution in [0.3, 0.4) is 0 Å². The van der Waals surface area contributed by atoms with Gasteiger partial charge in [0.05, 0.1) is 10.5 Å². The Kier molecular flexibility index (Phi) is 4.16. The highest BCUT2D eigenvalue weighted by atomic mass is 79.9. The number of aromatic nitrogens is 6. The summed E-state index contributed by atoms with van der Waals surface area (Å²) in [5.74, 6) is -0.608. The molecule has 0 aliphatic carbocycles.